The number of nitrogens with one attached hydrogen (secondary N) is 1. The summed E-state index contributed by atoms with van der Waals surface area (Å²) in [5.41, 5.74) is -1.44. The first-order valence-electron chi connectivity index (χ1n) is 7.19. The van der Waals surface area contributed by atoms with Crippen LogP contribution < -0.4 is 5.32 Å². The van der Waals surface area contributed by atoms with Crippen LogP contribution in [0.1, 0.15) is 47.0 Å². The Labute approximate surface area is 128 Å². The molecule has 0 radical (unpaired) electrons. The second-order valence-corrected chi connectivity index (χ2v) is 7.73. The van der Waals surface area contributed by atoms with E-state index in [9.17, 15) is 19.0 Å². The SMILES string of the molecule is CCCCC(C(=O)N[C@H](C(=O)N(C)C)C(C)(C)C)[P+](=O)O. The van der Waals surface area contributed by atoms with E-state index in [0.717, 1.165) is 6.42 Å². The summed E-state index contributed by atoms with van der Waals surface area (Å²) >= 11 is 0. The van der Waals surface area contributed by atoms with Crippen molar-refractivity contribution >= 4 is 19.8 Å². The van der Waals surface area contributed by atoms with Crippen molar-refractivity contribution < 1.29 is 19.0 Å². The standard InChI is InChI=1S/C14H27N2O4P/c1-7-8-9-10(21(19)20)12(17)15-11(14(2,3)4)13(18)16(5)6/h10-11H,7-9H2,1-6H3,(H-,15,17,19,20)/p+1/t10?,11-/m1/s1. The predicted octanol–water partition coefficient (Wildman–Crippen LogP) is 1.90. The summed E-state index contributed by atoms with van der Waals surface area (Å²) in [6.45, 7) is 7.49. The van der Waals surface area contributed by atoms with Crippen LogP contribution in [0.2, 0.25) is 0 Å². The third kappa shape index (κ3) is 6.53. The Morgan fingerprint density at radius 1 is 1.29 bits per heavy atom. The summed E-state index contributed by atoms with van der Waals surface area (Å²) in [5, 5.41) is 2.65. The minimum absolute atomic E-state index is 0.224. The maximum Gasteiger partial charge on any atom is 0.518 e. The zero-order valence-electron chi connectivity index (χ0n) is 13.8. The van der Waals surface area contributed by atoms with Crippen molar-refractivity contribution in [3.05, 3.63) is 0 Å². The third-order valence-electron chi connectivity index (χ3n) is 3.24. The number of carbonyl (C=O) groups excluding carboxylic acids is 2. The fourth-order valence-electron chi connectivity index (χ4n) is 1.88. The van der Waals surface area contributed by atoms with E-state index in [0.29, 0.717) is 12.8 Å². The minimum atomic E-state index is -2.60. The zero-order chi connectivity index (χ0) is 16.8. The van der Waals surface area contributed by atoms with Crippen LogP contribution in [-0.2, 0) is 14.2 Å². The molecule has 2 N–H and O–H groups in total. The fraction of sp³-hybridized carbons (Fsp3) is 0.857. The molecule has 0 aromatic carbocycles. The summed E-state index contributed by atoms with van der Waals surface area (Å²) in [4.78, 5) is 35.2. The van der Waals surface area contributed by atoms with Crippen LogP contribution in [0.5, 0.6) is 0 Å². The molecular weight excluding hydrogens is 291 g/mol. The molecule has 2 amide bonds. The normalized spacial score (nSPS) is 15.1. The maximum atomic E-state index is 12.2. The molecule has 0 saturated heterocycles. The molecule has 2 unspecified atom stereocenters. The van der Waals surface area contributed by atoms with E-state index in [4.69, 9.17) is 0 Å². The highest BCUT2D eigenvalue weighted by molar-refractivity contribution is 7.40. The lowest BCUT2D eigenvalue weighted by Gasteiger charge is -2.32. The predicted molar refractivity (Wildman–Crippen MR) is 83.2 cm³/mol. The first-order chi connectivity index (χ1) is 9.52. The smallest absolute Gasteiger partial charge is 0.347 e. The van der Waals surface area contributed by atoms with E-state index in [1.807, 2.05) is 27.7 Å². The molecule has 0 fully saturated rings. The van der Waals surface area contributed by atoms with Crippen LogP contribution in [0.3, 0.4) is 0 Å². The van der Waals surface area contributed by atoms with Gasteiger partial charge in [0.25, 0.3) is 11.6 Å². The summed E-state index contributed by atoms with van der Waals surface area (Å²) in [5.74, 6) is -0.750. The molecule has 0 aliphatic heterocycles. The van der Waals surface area contributed by atoms with E-state index in [-0.39, 0.29) is 5.91 Å². The molecule has 6 nitrogen and oxygen atoms in total. The first-order valence-corrected chi connectivity index (χ1v) is 8.47. The molecule has 0 heterocycles. The van der Waals surface area contributed by atoms with Gasteiger partial charge in [-0.3, -0.25) is 9.59 Å². The van der Waals surface area contributed by atoms with Crippen molar-refractivity contribution in [2.45, 2.75) is 58.7 Å². The van der Waals surface area contributed by atoms with Gasteiger partial charge in [-0.1, -0.05) is 34.1 Å². The molecule has 0 aromatic rings. The largest absolute Gasteiger partial charge is 0.518 e. The lowest BCUT2D eigenvalue weighted by Crippen LogP contribution is -2.54. The lowest BCUT2D eigenvalue weighted by atomic mass is 9.85. The first kappa shape index (κ1) is 20.0. The highest BCUT2D eigenvalue weighted by atomic mass is 31.1. The second-order valence-electron chi connectivity index (χ2n) is 6.50. The molecule has 0 aromatic heterocycles. The summed E-state index contributed by atoms with van der Waals surface area (Å²) in [6.07, 6.45) is 1.88. The van der Waals surface area contributed by atoms with Crippen LogP contribution >= 0.6 is 8.03 Å². The second kappa shape index (κ2) is 8.44. The molecule has 0 aliphatic rings. The van der Waals surface area contributed by atoms with Crippen molar-refractivity contribution in [3.8, 4) is 0 Å². The molecule has 0 spiro atoms. The van der Waals surface area contributed by atoms with Crippen LogP contribution in [0.15, 0.2) is 0 Å². The average Bonchev–Trinajstić information content (AvgIpc) is 2.33. The van der Waals surface area contributed by atoms with Gasteiger partial charge in [0.15, 0.2) is 0 Å². The quantitative estimate of drug-likeness (QED) is 0.702. The average molecular weight is 319 g/mol. The van der Waals surface area contributed by atoms with Crippen molar-refractivity contribution in [2.24, 2.45) is 5.41 Å². The van der Waals surface area contributed by atoms with Crippen molar-refractivity contribution in [1.29, 1.82) is 0 Å². The number of nitrogens with zero attached hydrogens (tertiary/aromatic N) is 1. The Morgan fingerprint density at radius 2 is 1.81 bits per heavy atom. The van der Waals surface area contributed by atoms with Gasteiger partial charge < -0.3 is 10.2 Å². The summed E-state index contributed by atoms with van der Waals surface area (Å²) in [7, 11) is 0.636. The van der Waals surface area contributed by atoms with Crippen LogP contribution in [0.4, 0.5) is 0 Å². The number of unbranched alkanes of at least 4 members (excludes halogenated alkanes) is 1. The number of hydrogen-bond acceptors (Lipinski definition) is 3. The van der Waals surface area contributed by atoms with Gasteiger partial charge in [0, 0.05) is 20.5 Å². The highest BCUT2D eigenvalue weighted by Crippen LogP contribution is 2.28. The van der Waals surface area contributed by atoms with Crippen molar-refractivity contribution in [3.63, 3.8) is 0 Å². The number of carbonyl (C=O) groups is 2. The molecule has 0 rings (SSSR count). The summed E-state index contributed by atoms with van der Waals surface area (Å²) < 4.78 is 11.4. The number of likely N-dealkylation sites (N-methyl/N-ethyl adjacent to an activating group) is 1. The Bertz CT molecular complexity index is 391. The Morgan fingerprint density at radius 3 is 2.14 bits per heavy atom. The molecule has 0 aliphatic carbocycles. The van der Waals surface area contributed by atoms with Crippen molar-refractivity contribution in [1.82, 2.24) is 10.2 Å². The minimum Gasteiger partial charge on any atom is -0.347 e. The van der Waals surface area contributed by atoms with Gasteiger partial charge in [-0.15, -0.1) is 0 Å². The molecule has 21 heavy (non-hydrogen) atoms. The number of hydrogen-bond donors (Lipinski definition) is 2. The van der Waals surface area contributed by atoms with Crippen LogP contribution in [0, 0.1) is 5.41 Å². The maximum absolute atomic E-state index is 12.2. The molecular formula is C14H28N2O4P+. The van der Waals surface area contributed by atoms with Gasteiger partial charge in [-0.25, -0.2) is 0 Å². The van der Waals surface area contributed by atoms with E-state index in [1.165, 1.54) is 4.90 Å². The van der Waals surface area contributed by atoms with Gasteiger partial charge in [-0.2, -0.15) is 4.89 Å². The third-order valence-corrected chi connectivity index (χ3v) is 4.27. The van der Waals surface area contributed by atoms with E-state index < -0.39 is 31.1 Å². The van der Waals surface area contributed by atoms with Gasteiger partial charge in [0.1, 0.15) is 6.04 Å². The van der Waals surface area contributed by atoms with Crippen molar-refractivity contribution in [2.75, 3.05) is 14.1 Å². The summed E-state index contributed by atoms with van der Waals surface area (Å²) in [6, 6.07) is -0.723. The number of rotatable bonds is 7. The van der Waals surface area contributed by atoms with Crippen LogP contribution in [0.25, 0.3) is 0 Å². The van der Waals surface area contributed by atoms with E-state index in [1.54, 1.807) is 14.1 Å². The van der Waals surface area contributed by atoms with Gasteiger partial charge in [-0.05, 0) is 16.4 Å². The topological polar surface area (TPSA) is 86.7 Å². The van der Waals surface area contributed by atoms with Crippen LogP contribution in [-0.4, -0.2) is 47.4 Å². The Kier molecular flexibility index (Phi) is 8.04. The Balaban J connectivity index is 5.10. The lowest BCUT2D eigenvalue weighted by molar-refractivity contribution is -0.137. The van der Waals surface area contributed by atoms with Gasteiger partial charge in [0.2, 0.25) is 5.91 Å². The number of amides is 2. The molecule has 0 bridgehead atoms. The van der Waals surface area contributed by atoms with Gasteiger partial charge >= 0.3 is 8.03 Å². The van der Waals surface area contributed by atoms with Gasteiger partial charge in [0.05, 0.1) is 0 Å². The highest BCUT2D eigenvalue weighted by Gasteiger charge is 2.41. The monoisotopic (exact) mass is 319 g/mol. The van der Waals surface area contributed by atoms with E-state index in [2.05, 4.69) is 5.32 Å². The Hall–Kier alpha value is -1.00. The molecule has 122 valence electrons. The zero-order valence-corrected chi connectivity index (χ0v) is 14.7. The molecule has 7 heteroatoms. The molecule has 3 atom stereocenters. The van der Waals surface area contributed by atoms with E-state index >= 15 is 0 Å². The molecule has 0 saturated carbocycles. The fourth-order valence-corrected chi connectivity index (χ4v) is 2.56.